The lowest BCUT2D eigenvalue weighted by atomic mass is 10.2. The summed E-state index contributed by atoms with van der Waals surface area (Å²) >= 11 is 0. The van der Waals surface area contributed by atoms with Crippen molar-refractivity contribution in [3.05, 3.63) is 48.4 Å². The number of benzene rings is 1. The van der Waals surface area contributed by atoms with E-state index in [0.29, 0.717) is 12.4 Å². The molecule has 0 aliphatic carbocycles. The number of hydrogen-bond donors (Lipinski definition) is 1. The third-order valence-electron chi connectivity index (χ3n) is 1.95. The van der Waals surface area contributed by atoms with E-state index in [9.17, 15) is 0 Å². The van der Waals surface area contributed by atoms with Gasteiger partial charge in [-0.1, -0.05) is 18.2 Å². The fourth-order valence-electron chi connectivity index (χ4n) is 1.22. The van der Waals surface area contributed by atoms with Crippen LogP contribution < -0.4 is 10.5 Å². The standard InChI is InChI=1S/C11H11N3O/c12-7-9-3-1-2-4-10(9)15-11-8-13-5-6-14-11/h1-6,8H,7,12H2. The molecule has 0 aliphatic heterocycles. The second kappa shape index (κ2) is 4.52. The van der Waals surface area contributed by atoms with E-state index in [0.717, 1.165) is 11.3 Å². The summed E-state index contributed by atoms with van der Waals surface area (Å²) in [4.78, 5) is 7.94. The Morgan fingerprint density at radius 1 is 1.20 bits per heavy atom. The maximum absolute atomic E-state index is 5.59. The number of para-hydroxylation sites is 1. The van der Waals surface area contributed by atoms with Crippen LogP contribution in [0.2, 0.25) is 0 Å². The molecule has 0 aliphatic rings. The Morgan fingerprint density at radius 3 is 2.80 bits per heavy atom. The Labute approximate surface area is 87.7 Å². The zero-order valence-electron chi connectivity index (χ0n) is 8.13. The summed E-state index contributed by atoms with van der Waals surface area (Å²) in [7, 11) is 0. The lowest BCUT2D eigenvalue weighted by Gasteiger charge is -2.07. The Balaban J connectivity index is 2.24. The molecule has 0 radical (unpaired) electrons. The second-order valence-corrected chi connectivity index (χ2v) is 2.96. The summed E-state index contributed by atoms with van der Waals surface area (Å²) in [6, 6.07) is 7.60. The first-order valence-electron chi connectivity index (χ1n) is 4.62. The number of nitrogens with two attached hydrogens (primary N) is 1. The SMILES string of the molecule is NCc1ccccc1Oc1cnccn1. The average molecular weight is 201 g/mol. The quantitative estimate of drug-likeness (QED) is 0.821. The maximum Gasteiger partial charge on any atom is 0.237 e. The van der Waals surface area contributed by atoms with E-state index >= 15 is 0 Å². The Hall–Kier alpha value is -1.94. The van der Waals surface area contributed by atoms with E-state index in [1.807, 2.05) is 24.3 Å². The lowest BCUT2D eigenvalue weighted by molar-refractivity contribution is 0.454. The van der Waals surface area contributed by atoms with Crippen LogP contribution in [0, 0.1) is 0 Å². The van der Waals surface area contributed by atoms with Crippen LogP contribution in [0.3, 0.4) is 0 Å². The predicted molar refractivity (Wildman–Crippen MR) is 56.4 cm³/mol. The zero-order chi connectivity index (χ0) is 10.5. The topological polar surface area (TPSA) is 61.0 Å². The van der Waals surface area contributed by atoms with E-state index in [4.69, 9.17) is 10.5 Å². The van der Waals surface area contributed by atoms with Crippen LogP contribution in [-0.4, -0.2) is 9.97 Å². The molecule has 4 nitrogen and oxygen atoms in total. The molecule has 0 atom stereocenters. The monoisotopic (exact) mass is 201 g/mol. The van der Waals surface area contributed by atoms with E-state index < -0.39 is 0 Å². The fourth-order valence-corrected chi connectivity index (χ4v) is 1.22. The molecule has 0 amide bonds. The molecule has 2 aromatic rings. The van der Waals surface area contributed by atoms with Crippen molar-refractivity contribution in [2.24, 2.45) is 5.73 Å². The van der Waals surface area contributed by atoms with Gasteiger partial charge in [0.15, 0.2) is 0 Å². The van der Waals surface area contributed by atoms with E-state index in [1.165, 1.54) is 0 Å². The molecule has 0 saturated heterocycles. The molecule has 2 rings (SSSR count). The molecule has 0 unspecified atom stereocenters. The van der Waals surface area contributed by atoms with Crippen molar-refractivity contribution in [2.45, 2.75) is 6.54 Å². The smallest absolute Gasteiger partial charge is 0.237 e. The molecular formula is C11H11N3O. The van der Waals surface area contributed by atoms with Gasteiger partial charge in [0.05, 0.1) is 6.20 Å². The van der Waals surface area contributed by atoms with Gasteiger partial charge in [-0.15, -0.1) is 0 Å². The molecule has 76 valence electrons. The normalized spacial score (nSPS) is 9.93. The van der Waals surface area contributed by atoms with E-state index in [-0.39, 0.29) is 0 Å². The summed E-state index contributed by atoms with van der Waals surface area (Å²) < 4.78 is 5.55. The highest BCUT2D eigenvalue weighted by atomic mass is 16.5. The van der Waals surface area contributed by atoms with Crippen molar-refractivity contribution in [1.82, 2.24) is 9.97 Å². The first kappa shape index (κ1) is 9.61. The van der Waals surface area contributed by atoms with Crippen molar-refractivity contribution < 1.29 is 4.74 Å². The van der Waals surface area contributed by atoms with Crippen LogP contribution in [0.1, 0.15) is 5.56 Å². The van der Waals surface area contributed by atoms with E-state index in [2.05, 4.69) is 9.97 Å². The largest absolute Gasteiger partial charge is 0.437 e. The molecule has 0 fully saturated rings. The molecule has 4 heteroatoms. The second-order valence-electron chi connectivity index (χ2n) is 2.96. The number of aromatic nitrogens is 2. The third kappa shape index (κ3) is 2.30. The van der Waals surface area contributed by atoms with Crippen LogP contribution >= 0.6 is 0 Å². The number of ether oxygens (including phenoxy) is 1. The molecule has 2 N–H and O–H groups in total. The highest BCUT2D eigenvalue weighted by Gasteiger charge is 2.02. The van der Waals surface area contributed by atoms with Gasteiger partial charge >= 0.3 is 0 Å². The fraction of sp³-hybridized carbons (Fsp3) is 0.0909. The van der Waals surface area contributed by atoms with Crippen LogP contribution in [0.25, 0.3) is 0 Å². The summed E-state index contributed by atoms with van der Waals surface area (Å²) in [5, 5.41) is 0. The number of nitrogens with zero attached hydrogens (tertiary/aromatic N) is 2. The highest BCUT2D eigenvalue weighted by Crippen LogP contribution is 2.22. The molecule has 1 aromatic carbocycles. The van der Waals surface area contributed by atoms with Gasteiger partial charge in [-0.2, -0.15) is 0 Å². The molecule has 0 spiro atoms. The minimum absolute atomic E-state index is 0.441. The summed E-state index contributed by atoms with van der Waals surface area (Å²) in [5.41, 5.74) is 6.54. The predicted octanol–water partition coefficient (Wildman–Crippen LogP) is 1.73. The first-order chi connectivity index (χ1) is 7.40. The molecular weight excluding hydrogens is 190 g/mol. The minimum atomic E-state index is 0.441. The molecule has 1 aromatic heterocycles. The first-order valence-corrected chi connectivity index (χ1v) is 4.62. The van der Waals surface area contributed by atoms with Crippen molar-refractivity contribution in [3.63, 3.8) is 0 Å². The van der Waals surface area contributed by atoms with Gasteiger partial charge < -0.3 is 10.5 Å². The summed E-state index contributed by atoms with van der Waals surface area (Å²) in [5.74, 6) is 1.19. The molecule has 0 bridgehead atoms. The molecule has 1 heterocycles. The van der Waals surface area contributed by atoms with Gasteiger partial charge in [-0.05, 0) is 6.07 Å². The highest BCUT2D eigenvalue weighted by molar-refractivity contribution is 5.35. The summed E-state index contributed by atoms with van der Waals surface area (Å²) in [6.07, 6.45) is 4.75. The van der Waals surface area contributed by atoms with Gasteiger partial charge in [0.25, 0.3) is 0 Å². The van der Waals surface area contributed by atoms with Crippen LogP contribution in [0.15, 0.2) is 42.9 Å². The minimum Gasteiger partial charge on any atom is -0.437 e. The molecule has 0 saturated carbocycles. The van der Waals surface area contributed by atoms with Gasteiger partial charge in [-0.3, -0.25) is 4.98 Å². The van der Waals surface area contributed by atoms with Crippen molar-refractivity contribution >= 4 is 0 Å². The van der Waals surface area contributed by atoms with E-state index in [1.54, 1.807) is 18.6 Å². The van der Waals surface area contributed by atoms with Gasteiger partial charge in [0.2, 0.25) is 5.88 Å². The Bertz CT molecular complexity index is 431. The number of rotatable bonds is 3. The Kier molecular flexibility index (Phi) is 2.90. The van der Waals surface area contributed by atoms with Crippen molar-refractivity contribution in [3.8, 4) is 11.6 Å². The van der Waals surface area contributed by atoms with Crippen molar-refractivity contribution in [2.75, 3.05) is 0 Å². The zero-order valence-corrected chi connectivity index (χ0v) is 8.13. The van der Waals surface area contributed by atoms with Gasteiger partial charge in [-0.25, -0.2) is 4.98 Å². The molecule has 15 heavy (non-hydrogen) atoms. The van der Waals surface area contributed by atoms with Crippen LogP contribution in [0.5, 0.6) is 11.6 Å². The van der Waals surface area contributed by atoms with Crippen molar-refractivity contribution in [1.29, 1.82) is 0 Å². The van der Waals surface area contributed by atoms with Gasteiger partial charge in [0, 0.05) is 24.5 Å². The number of hydrogen-bond acceptors (Lipinski definition) is 4. The van der Waals surface area contributed by atoms with Crippen LogP contribution in [0.4, 0.5) is 0 Å². The van der Waals surface area contributed by atoms with Gasteiger partial charge in [0.1, 0.15) is 5.75 Å². The maximum atomic E-state index is 5.59. The lowest BCUT2D eigenvalue weighted by Crippen LogP contribution is -1.99. The Morgan fingerprint density at radius 2 is 2.07 bits per heavy atom. The average Bonchev–Trinajstić information content (AvgIpc) is 2.31. The third-order valence-corrected chi connectivity index (χ3v) is 1.95. The van der Waals surface area contributed by atoms with Crippen LogP contribution in [-0.2, 0) is 6.54 Å². The summed E-state index contributed by atoms with van der Waals surface area (Å²) in [6.45, 7) is 0.441.